The molecule has 0 atom stereocenters. The van der Waals surface area contributed by atoms with Gasteiger partial charge in [0.15, 0.2) is 6.29 Å². The van der Waals surface area contributed by atoms with Gasteiger partial charge in [0.25, 0.3) is 11.8 Å². The van der Waals surface area contributed by atoms with Gasteiger partial charge in [-0.05, 0) is 128 Å². The van der Waals surface area contributed by atoms with Crippen molar-refractivity contribution in [1.82, 2.24) is 4.90 Å². The number of fused-ring (bicyclic) bond motifs is 1. The third kappa shape index (κ3) is 9.10. The number of thiophene rings is 1. The number of halogens is 3. The van der Waals surface area contributed by atoms with Crippen molar-refractivity contribution in [3.05, 3.63) is 136 Å². The van der Waals surface area contributed by atoms with Gasteiger partial charge >= 0.3 is 0 Å². The van der Waals surface area contributed by atoms with Gasteiger partial charge in [-0.25, -0.2) is 0 Å². The summed E-state index contributed by atoms with van der Waals surface area (Å²) in [5.41, 5.74) is 5.21. The van der Waals surface area contributed by atoms with Gasteiger partial charge in [0, 0.05) is 65.2 Å². The number of nitrogens with one attached hydrogen (secondary N) is 2. The van der Waals surface area contributed by atoms with Crippen LogP contribution in [0, 0.1) is 0 Å². The highest BCUT2D eigenvalue weighted by Crippen LogP contribution is 2.46. The lowest BCUT2D eigenvalue weighted by molar-refractivity contribution is 0.101. The number of anilines is 2. The van der Waals surface area contributed by atoms with Crippen LogP contribution in [-0.4, -0.2) is 49.2 Å². The molecule has 2 heterocycles. The number of carbonyl (C=O) groups is 3. The molecule has 0 bridgehead atoms. The van der Waals surface area contributed by atoms with Gasteiger partial charge in [0.1, 0.15) is 12.4 Å². The molecule has 0 radical (unpaired) electrons. The lowest BCUT2D eigenvalue weighted by atomic mass is 9.94. The second kappa shape index (κ2) is 17.4. The summed E-state index contributed by atoms with van der Waals surface area (Å²) in [5, 5.41) is 7.90. The molecule has 1 saturated heterocycles. The largest absolute Gasteiger partial charge is 0.492 e. The van der Waals surface area contributed by atoms with Crippen LogP contribution in [0.1, 0.15) is 50.3 Å². The van der Waals surface area contributed by atoms with Crippen LogP contribution in [0.15, 0.2) is 109 Å². The number of amides is 2. The van der Waals surface area contributed by atoms with Gasteiger partial charge in [-0.3, -0.25) is 19.3 Å². The van der Waals surface area contributed by atoms with Crippen LogP contribution in [0.3, 0.4) is 0 Å². The molecule has 2 amide bonds. The Balaban J connectivity index is 0.00000481. The highest BCUT2D eigenvalue weighted by Gasteiger charge is 2.21. The van der Waals surface area contributed by atoms with E-state index in [1.54, 1.807) is 72.8 Å². The Kier molecular flexibility index (Phi) is 12.5. The molecule has 0 aliphatic carbocycles. The minimum atomic E-state index is -0.255. The molecule has 7 rings (SSSR count). The molecule has 1 aliphatic rings. The van der Waals surface area contributed by atoms with Crippen molar-refractivity contribution in [2.24, 2.45) is 0 Å². The fraction of sp³-hybridized carbons (Fsp3) is 0.167. The van der Waals surface area contributed by atoms with Gasteiger partial charge in [0.05, 0.1) is 0 Å². The van der Waals surface area contributed by atoms with Gasteiger partial charge in [-0.1, -0.05) is 47.8 Å². The Hall–Kier alpha value is -4.70. The van der Waals surface area contributed by atoms with E-state index in [1.165, 1.54) is 30.6 Å². The predicted octanol–water partition coefficient (Wildman–Crippen LogP) is 11.1. The zero-order valence-electron chi connectivity index (χ0n) is 28.6. The molecule has 6 aromatic rings. The van der Waals surface area contributed by atoms with Crippen LogP contribution >= 0.6 is 46.9 Å². The molecule has 1 aromatic heterocycles. The van der Waals surface area contributed by atoms with Crippen LogP contribution in [0.4, 0.5) is 11.4 Å². The average molecular weight is 785 g/mol. The van der Waals surface area contributed by atoms with E-state index in [0.29, 0.717) is 50.5 Å². The zero-order valence-corrected chi connectivity index (χ0v) is 31.7. The molecule has 5 aromatic carbocycles. The Morgan fingerprint density at radius 1 is 0.736 bits per heavy atom. The van der Waals surface area contributed by atoms with E-state index < -0.39 is 0 Å². The van der Waals surface area contributed by atoms with Gasteiger partial charge in [-0.2, -0.15) is 0 Å². The monoisotopic (exact) mass is 783 g/mol. The second-order valence-corrected chi connectivity index (χ2v) is 14.6. The molecule has 270 valence electrons. The van der Waals surface area contributed by atoms with Crippen LogP contribution in [0.5, 0.6) is 5.75 Å². The highest BCUT2D eigenvalue weighted by molar-refractivity contribution is 7.23. The number of hydrogen-bond acceptors (Lipinski definition) is 6. The van der Waals surface area contributed by atoms with Crippen molar-refractivity contribution in [3.63, 3.8) is 0 Å². The second-order valence-electron chi connectivity index (χ2n) is 12.6. The Labute approximate surface area is 328 Å². The molecule has 0 spiro atoms. The fourth-order valence-corrected chi connectivity index (χ4v) is 7.89. The Bertz CT molecular complexity index is 2230. The zero-order chi connectivity index (χ0) is 36.0. The van der Waals surface area contributed by atoms with E-state index in [4.69, 9.17) is 27.9 Å². The lowest BCUT2D eigenvalue weighted by Gasteiger charge is -2.26. The lowest BCUT2D eigenvalue weighted by Crippen LogP contribution is -2.33. The normalized spacial score (nSPS) is 12.9. The smallest absolute Gasteiger partial charge is 0.255 e. The minimum Gasteiger partial charge on any atom is -0.492 e. The molecule has 1 fully saturated rings. The summed E-state index contributed by atoms with van der Waals surface area (Å²) in [6, 6.07) is 32.4. The molecule has 2 N–H and O–H groups in total. The quantitative estimate of drug-likeness (QED) is 0.128. The standard InChI is InChI=1S/C42H35Cl2N3O4S.ClH/c43-31-10-14-33(15-11-31)45-41(49)28-6-4-27(5-7-28)40-39(37-25-35(18-8-30(37)26-48)51-23-22-47-20-2-1-3-21-47)36-19-9-29(24-38(36)52-40)42(50)46-34-16-12-32(44)13-17-34;/h4-19,24-26H,1-3,20-23H2,(H,45,49)(H,46,50);1H. The Morgan fingerprint density at radius 3 is 1.96 bits per heavy atom. The predicted molar refractivity (Wildman–Crippen MR) is 220 cm³/mol. The summed E-state index contributed by atoms with van der Waals surface area (Å²) in [4.78, 5) is 42.2. The Morgan fingerprint density at radius 2 is 1.34 bits per heavy atom. The van der Waals surface area contributed by atoms with E-state index in [2.05, 4.69) is 15.5 Å². The van der Waals surface area contributed by atoms with Crippen LogP contribution in [0.25, 0.3) is 31.7 Å². The van der Waals surface area contributed by atoms with E-state index in [0.717, 1.165) is 57.6 Å². The first kappa shape index (κ1) is 38.0. The van der Waals surface area contributed by atoms with E-state index in [9.17, 15) is 14.4 Å². The molecule has 11 heteroatoms. The molecule has 7 nitrogen and oxygen atoms in total. The molecule has 1 aliphatic heterocycles. The SMILES string of the molecule is Cl.O=Cc1ccc(OCCN2CCCCC2)cc1-c1c(-c2ccc(C(=O)Nc3ccc(Cl)cc3)cc2)sc2cc(C(=O)Nc3ccc(Cl)cc3)ccc12. The molecule has 0 saturated carbocycles. The third-order valence-electron chi connectivity index (χ3n) is 9.11. The maximum Gasteiger partial charge on any atom is 0.255 e. The molecule has 53 heavy (non-hydrogen) atoms. The number of carbonyl (C=O) groups excluding carboxylic acids is 3. The number of aldehydes is 1. The summed E-state index contributed by atoms with van der Waals surface area (Å²) in [6.45, 7) is 3.56. The van der Waals surface area contributed by atoms with Crippen molar-refractivity contribution in [3.8, 4) is 27.3 Å². The maximum atomic E-state index is 13.3. The fourth-order valence-electron chi connectivity index (χ4n) is 6.37. The number of ether oxygens (including phenoxy) is 1. The van der Waals surface area contributed by atoms with Gasteiger partial charge < -0.3 is 15.4 Å². The van der Waals surface area contributed by atoms with Crippen LogP contribution < -0.4 is 15.4 Å². The topological polar surface area (TPSA) is 87.7 Å². The summed E-state index contributed by atoms with van der Waals surface area (Å²) >= 11 is 13.6. The van der Waals surface area contributed by atoms with Crippen molar-refractivity contribution in [1.29, 1.82) is 0 Å². The first-order valence-electron chi connectivity index (χ1n) is 17.1. The highest BCUT2D eigenvalue weighted by atomic mass is 35.5. The first-order valence-corrected chi connectivity index (χ1v) is 18.7. The van der Waals surface area contributed by atoms with Crippen molar-refractivity contribution < 1.29 is 19.1 Å². The number of nitrogens with zero attached hydrogens (tertiary/aromatic N) is 1. The van der Waals surface area contributed by atoms with E-state index >= 15 is 0 Å². The molecule has 0 unspecified atom stereocenters. The minimum absolute atomic E-state index is 0. The number of piperidine rings is 1. The molecular formula is C42H36Cl3N3O4S. The average Bonchev–Trinajstić information content (AvgIpc) is 3.56. The van der Waals surface area contributed by atoms with Crippen LogP contribution in [0.2, 0.25) is 10.0 Å². The van der Waals surface area contributed by atoms with Gasteiger partial charge in [-0.15, -0.1) is 23.7 Å². The summed E-state index contributed by atoms with van der Waals surface area (Å²) < 4.78 is 7.12. The summed E-state index contributed by atoms with van der Waals surface area (Å²) in [7, 11) is 0. The van der Waals surface area contributed by atoms with Crippen LogP contribution in [-0.2, 0) is 0 Å². The van der Waals surface area contributed by atoms with E-state index in [-0.39, 0.29) is 24.2 Å². The van der Waals surface area contributed by atoms with Crippen molar-refractivity contribution in [2.75, 3.05) is 36.9 Å². The summed E-state index contributed by atoms with van der Waals surface area (Å²) in [5.74, 6) is 0.171. The maximum absolute atomic E-state index is 13.3. The van der Waals surface area contributed by atoms with Crippen molar-refractivity contribution in [2.45, 2.75) is 19.3 Å². The number of rotatable bonds is 11. The molecular weight excluding hydrogens is 749 g/mol. The summed E-state index contributed by atoms with van der Waals surface area (Å²) in [6.07, 6.45) is 4.56. The number of hydrogen-bond donors (Lipinski definition) is 2. The third-order valence-corrected chi connectivity index (χ3v) is 10.8. The number of likely N-dealkylation sites (tertiary alicyclic amines) is 1. The first-order chi connectivity index (χ1) is 25.3. The van der Waals surface area contributed by atoms with Gasteiger partial charge in [0.2, 0.25) is 0 Å². The van der Waals surface area contributed by atoms with E-state index in [1.807, 2.05) is 36.4 Å². The van der Waals surface area contributed by atoms with Crippen molar-refractivity contribution >= 4 is 86.5 Å². The number of benzene rings is 5.